The van der Waals surface area contributed by atoms with E-state index in [4.69, 9.17) is 4.74 Å². The second-order valence-electron chi connectivity index (χ2n) is 4.61. The first-order chi connectivity index (χ1) is 10.6. The summed E-state index contributed by atoms with van der Waals surface area (Å²) in [5, 5.41) is 10.1. The monoisotopic (exact) mass is 299 g/mol. The Morgan fingerprint density at radius 3 is 2.64 bits per heavy atom. The zero-order chi connectivity index (χ0) is 16.1. The Balaban J connectivity index is 2.25. The molecule has 2 rings (SSSR count). The van der Waals surface area contributed by atoms with Crippen LogP contribution in [0.4, 0.5) is 0 Å². The molecule has 1 aromatic rings. The Kier molecular flexibility index (Phi) is 4.78. The van der Waals surface area contributed by atoms with Crippen LogP contribution in [0.5, 0.6) is 5.75 Å². The maximum atomic E-state index is 11.6. The van der Waals surface area contributed by atoms with Crippen molar-refractivity contribution in [1.82, 2.24) is 0 Å². The molecule has 0 saturated heterocycles. The van der Waals surface area contributed by atoms with Gasteiger partial charge in [0.25, 0.3) is 0 Å². The number of benzene rings is 1. The van der Waals surface area contributed by atoms with Gasteiger partial charge in [0.15, 0.2) is 5.76 Å². The third kappa shape index (κ3) is 3.25. The van der Waals surface area contributed by atoms with Gasteiger partial charge in [0.1, 0.15) is 23.6 Å². The number of nitrogens with zero attached hydrogens (tertiary/aromatic N) is 1. The molecule has 0 fully saturated rings. The van der Waals surface area contributed by atoms with E-state index in [-0.39, 0.29) is 11.3 Å². The number of aliphatic hydroxyl groups is 1. The largest absolute Gasteiger partial charge is 0.505 e. The molecule has 1 aliphatic rings. The van der Waals surface area contributed by atoms with Crippen LogP contribution in [-0.2, 0) is 9.53 Å². The summed E-state index contributed by atoms with van der Waals surface area (Å²) in [7, 11) is 1.26. The van der Waals surface area contributed by atoms with Gasteiger partial charge in [-0.2, -0.15) is 0 Å². The molecule has 0 amide bonds. The molecule has 0 radical (unpaired) electrons. The molecule has 1 aliphatic heterocycles. The number of ether oxygens (including phenoxy) is 2. The predicted molar refractivity (Wildman–Crippen MR) is 84.9 cm³/mol. The number of esters is 1. The van der Waals surface area contributed by atoms with Gasteiger partial charge in [0.2, 0.25) is 0 Å². The van der Waals surface area contributed by atoms with Crippen LogP contribution in [0.1, 0.15) is 12.5 Å². The third-order valence-electron chi connectivity index (χ3n) is 3.07. The van der Waals surface area contributed by atoms with Crippen molar-refractivity contribution in [2.24, 2.45) is 4.99 Å². The maximum absolute atomic E-state index is 11.6. The SMILES string of the molecule is C=CCOc1ccc(C=C2N=C(C)C(C(=O)OC)=C2O)cc1. The molecule has 0 aliphatic carbocycles. The van der Waals surface area contributed by atoms with Gasteiger partial charge in [0, 0.05) is 0 Å². The molecule has 0 unspecified atom stereocenters. The van der Waals surface area contributed by atoms with Crippen molar-refractivity contribution in [3.8, 4) is 5.75 Å². The first-order valence-corrected chi connectivity index (χ1v) is 6.70. The molecule has 1 aromatic carbocycles. The average Bonchev–Trinajstić information content (AvgIpc) is 2.80. The minimum absolute atomic E-state index is 0.0969. The standard InChI is InChI=1S/C17H17NO4/c1-4-9-22-13-7-5-12(6-8-13)10-14-16(19)15(11(2)18-14)17(20)21-3/h4-8,10,19H,1,9H2,2-3H3. The summed E-state index contributed by atoms with van der Waals surface area (Å²) in [6.07, 6.45) is 3.36. The van der Waals surface area contributed by atoms with E-state index in [0.717, 1.165) is 11.3 Å². The maximum Gasteiger partial charge on any atom is 0.343 e. The van der Waals surface area contributed by atoms with Crippen molar-refractivity contribution in [3.63, 3.8) is 0 Å². The lowest BCUT2D eigenvalue weighted by Gasteiger charge is -2.03. The molecule has 0 bridgehead atoms. The summed E-state index contributed by atoms with van der Waals surface area (Å²) >= 11 is 0. The van der Waals surface area contributed by atoms with Gasteiger partial charge >= 0.3 is 5.97 Å². The lowest BCUT2D eigenvalue weighted by Crippen LogP contribution is -2.11. The smallest absolute Gasteiger partial charge is 0.343 e. The van der Waals surface area contributed by atoms with E-state index in [2.05, 4.69) is 16.3 Å². The number of methoxy groups -OCH3 is 1. The van der Waals surface area contributed by atoms with Crippen LogP contribution >= 0.6 is 0 Å². The van der Waals surface area contributed by atoms with E-state index in [1.165, 1.54) is 7.11 Å². The highest BCUT2D eigenvalue weighted by Gasteiger charge is 2.27. The van der Waals surface area contributed by atoms with Crippen molar-refractivity contribution >= 4 is 17.8 Å². The third-order valence-corrected chi connectivity index (χ3v) is 3.07. The van der Waals surface area contributed by atoms with Gasteiger partial charge < -0.3 is 14.6 Å². The van der Waals surface area contributed by atoms with Crippen LogP contribution in [0.15, 0.2) is 58.9 Å². The summed E-state index contributed by atoms with van der Waals surface area (Å²) in [5.74, 6) is -0.0465. The molecule has 0 aromatic heterocycles. The number of carbonyl (C=O) groups excluding carboxylic acids is 1. The number of hydrogen-bond acceptors (Lipinski definition) is 5. The first-order valence-electron chi connectivity index (χ1n) is 6.70. The fourth-order valence-corrected chi connectivity index (χ4v) is 2.01. The summed E-state index contributed by atoms with van der Waals surface area (Å²) in [6.45, 7) is 5.67. The van der Waals surface area contributed by atoms with Crippen LogP contribution in [-0.4, -0.2) is 30.5 Å². The minimum atomic E-state index is -0.602. The van der Waals surface area contributed by atoms with Gasteiger partial charge in [-0.25, -0.2) is 9.79 Å². The van der Waals surface area contributed by atoms with Crippen molar-refractivity contribution in [1.29, 1.82) is 0 Å². The zero-order valence-electron chi connectivity index (χ0n) is 12.5. The molecule has 5 nitrogen and oxygen atoms in total. The van der Waals surface area contributed by atoms with Gasteiger partial charge in [-0.3, -0.25) is 0 Å². The molecule has 1 N–H and O–H groups in total. The molecule has 0 saturated carbocycles. The first kappa shape index (κ1) is 15.6. The van der Waals surface area contributed by atoms with Crippen LogP contribution in [0.3, 0.4) is 0 Å². The Hall–Kier alpha value is -2.82. The second-order valence-corrected chi connectivity index (χ2v) is 4.61. The normalized spacial score (nSPS) is 15.7. The minimum Gasteiger partial charge on any atom is -0.505 e. The van der Waals surface area contributed by atoms with Crippen molar-refractivity contribution in [2.45, 2.75) is 6.92 Å². The molecular weight excluding hydrogens is 282 g/mol. The number of rotatable bonds is 5. The molecule has 0 spiro atoms. The summed E-state index contributed by atoms with van der Waals surface area (Å²) < 4.78 is 10.0. The fourth-order valence-electron chi connectivity index (χ4n) is 2.01. The lowest BCUT2D eigenvalue weighted by atomic mass is 10.1. The van der Waals surface area contributed by atoms with E-state index < -0.39 is 5.97 Å². The Morgan fingerprint density at radius 1 is 1.36 bits per heavy atom. The molecular formula is C17H17NO4. The van der Waals surface area contributed by atoms with Crippen molar-refractivity contribution in [2.75, 3.05) is 13.7 Å². The van der Waals surface area contributed by atoms with E-state index in [0.29, 0.717) is 18.0 Å². The van der Waals surface area contributed by atoms with Crippen LogP contribution in [0.2, 0.25) is 0 Å². The van der Waals surface area contributed by atoms with E-state index in [9.17, 15) is 9.90 Å². The summed E-state index contributed by atoms with van der Waals surface area (Å²) in [6, 6.07) is 7.28. The molecule has 22 heavy (non-hydrogen) atoms. The van der Waals surface area contributed by atoms with E-state index in [1.807, 2.05) is 24.3 Å². The highest BCUT2D eigenvalue weighted by atomic mass is 16.5. The van der Waals surface area contributed by atoms with Gasteiger partial charge in [-0.1, -0.05) is 24.8 Å². The van der Waals surface area contributed by atoms with E-state index >= 15 is 0 Å². The molecule has 0 atom stereocenters. The van der Waals surface area contributed by atoms with Gasteiger partial charge in [-0.05, 0) is 30.7 Å². The quantitative estimate of drug-likeness (QED) is 0.670. The zero-order valence-corrected chi connectivity index (χ0v) is 12.5. The molecule has 114 valence electrons. The average molecular weight is 299 g/mol. The van der Waals surface area contributed by atoms with Gasteiger partial charge in [0.05, 0.1) is 12.8 Å². The number of hydrogen-bond donors (Lipinski definition) is 1. The second kappa shape index (κ2) is 6.76. The number of aliphatic hydroxyl groups excluding tert-OH is 1. The summed E-state index contributed by atoms with van der Waals surface area (Å²) in [5.41, 5.74) is 1.69. The van der Waals surface area contributed by atoms with Crippen LogP contribution in [0, 0.1) is 0 Å². The van der Waals surface area contributed by atoms with Gasteiger partial charge in [-0.15, -0.1) is 0 Å². The molecule has 1 heterocycles. The number of carbonyl (C=O) groups is 1. The Morgan fingerprint density at radius 2 is 2.05 bits per heavy atom. The van der Waals surface area contributed by atoms with Crippen molar-refractivity contribution in [3.05, 3.63) is 59.5 Å². The Labute approximate surface area is 128 Å². The van der Waals surface area contributed by atoms with Crippen LogP contribution in [0.25, 0.3) is 6.08 Å². The predicted octanol–water partition coefficient (Wildman–Crippen LogP) is 3.05. The van der Waals surface area contributed by atoms with Crippen LogP contribution < -0.4 is 4.74 Å². The topological polar surface area (TPSA) is 68.1 Å². The molecule has 5 heteroatoms. The highest BCUT2D eigenvalue weighted by molar-refractivity contribution is 6.21. The fraction of sp³-hybridized carbons (Fsp3) is 0.176. The van der Waals surface area contributed by atoms with E-state index in [1.54, 1.807) is 19.1 Å². The number of aliphatic imine (C=N–C) groups is 1. The Bertz CT molecular complexity index is 681. The van der Waals surface area contributed by atoms with Crippen molar-refractivity contribution < 1.29 is 19.4 Å². The lowest BCUT2D eigenvalue weighted by molar-refractivity contribution is -0.135. The highest BCUT2D eigenvalue weighted by Crippen LogP contribution is 2.26. The summed E-state index contributed by atoms with van der Waals surface area (Å²) in [4.78, 5) is 15.8.